The first kappa shape index (κ1) is 72.5. The molecule has 14 heteroatoms. The third kappa shape index (κ3) is 17.1. The van der Waals surface area contributed by atoms with Crippen molar-refractivity contribution in [3.8, 4) is 11.5 Å². The number of fused-ring (bicyclic) bond motifs is 6. The lowest BCUT2D eigenvalue weighted by molar-refractivity contribution is 0.124. The lowest BCUT2D eigenvalue weighted by Gasteiger charge is -2.24. The van der Waals surface area contributed by atoms with Crippen molar-refractivity contribution < 1.29 is 38.0 Å². The van der Waals surface area contributed by atoms with Gasteiger partial charge in [-0.15, -0.1) is 0 Å². The molecule has 0 radical (unpaired) electrons. The minimum absolute atomic E-state index is 0.131. The van der Waals surface area contributed by atoms with Crippen LogP contribution in [0.1, 0.15) is 233 Å². The Balaban J connectivity index is 0.000000154. The van der Waals surface area contributed by atoms with E-state index in [0.717, 1.165) is 34.7 Å². The Kier molecular flexibility index (Phi) is 21.3. The van der Waals surface area contributed by atoms with Gasteiger partial charge in [0.15, 0.2) is 0 Å². The van der Waals surface area contributed by atoms with E-state index in [0.29, 0.717) is 12.9 Å². The first-order chi connectivity index (χ1) is 41.1. The highest BCUT2D eigenvalue weighted by atomic mass is 16.5. The summed E-state index contributed by atoms with van der Waals surface area (Å²) in [5, 5.41) is 18.9. The van der Waals surface area contributed by atoms with Crippen molar-refractivity contribution in [2.75, 3.05) is 0 Å². The first-order valence-corrected chi connectivity index (χ1v) is 33.2. The Morgan fingerprint density at radius 3 is 1.29 bits per heavy atom. The quantitative estimate of drug-likeness (QED) is 0.145. The van der Waals surface area contributed by atoms with Gasteiger partial charge in [-0.2, -0.15) is 0 Å². The Labute approximate surface area is 548 Å². The summed E-state index contributed by atoms with van der Waals surface area (Å²) in [6.45, 7) is 63.9. The molecule has 12 rings (SSSR count). The summed E-state index contributed by atoms with van der Waals surface area (Å²) in [4.78, 5) is 0. The number of benzene rings is 6. The van der Waals surface area contributed by atoms with Gasteiger partial charge in [0.1, 0.15) is 11.5 Å². The van der Waals surface area contributed by atoms with Crippen LogP contribution in [0.15, 0.2) is 109 Å². The molecule has 6 aromatic carbocycles. The van der Waals surface area contributed by atoms with Gasteiger partial charge in [0, 0.05) is 11.6 Å². The number of hydrogen-bond acceptors (Lipinski definition) is 8. The Bertz CT molecular complexity index is 3490. The maximum Gasteiger partial charge on any atom is 0.527 e. The van der Waals surface area contributed by atoms with Gasteiger partial charge in [-0.3, -0.25) is 0 Å². The van der Waals surface area contributed by atoms with E-state index in [1.807, 2.05) is 18.2 Å². The molecular formula is C76H110B6O8. The van der Waals surface area contributed by atoms with E-state index in [1.54, 1.807) is 0 Å². The second-order valence-corrected chi connectivity index (χ2v) is 33.9. The van der Waals surface area contributed by atoms with Gasteiger partial charge in [-0.1, -0.05) is 256 Å². The van der Waals surface area contributed by atoms with Crippen LogP contribution in [0.3, 0.4) is 0 Å². The third-order valence-corrected chi connectivity index (χ3v) is 19.0. The maximum absolute atomic E-state index is 9.45. The van der Waals surface area contributed by atoms with Gasteiger partial charge in [0.2, 0.25) is 0 Å². The molecule has 0 spiro atoms. The van der Waals surface area contributed by atoms with Crippen molar-refractivity contribution in [2.45, 2.75) is 262 Å². The molecule has 0 saturated carbocycles. The second-order valence-electron chi connectivity index (χ2n) is 33.9. The topological polar surface area (TPSA) is 95.8 Å². The fourth-order valence-electron chi connectivity index (χ4n) is 12.4. The highest BCUT2D eigenvalue weighted by Gasteiger charge is 2.44. The van der Waals surface area contributed by atoms with Crippen LogP contribution in [0.2, 0.25) is 27.3 Å². The van der Waals surface area contributed by atoms with Crippen molar-refractivity contribution in [3.05, 3.63) is 176 Å². The summed E-state index contributed by atoms with van der Waals surface area (Å²) < 4.78 is 34.0. The Hall–Kier alpha value is -4.93. The molecule has 0 saturated heterocycles. The van der Waals surface area contributed by atoms with Crippen LogP contribution in [0, 0.1) is 0 Å². The molecule has 0 atom stereocenters. The maximum atomic E-state index is 9.45. The van der Waals surface area contributed by atoms with Crippen LogP contribution in [0.25, 0.3) is 0 Å². The van der Waals surface area contributed by atoms with Crippen molar-refractivity contribution in [2.24, 2.45) is 0 Å². The summed E-state index contributed by atoms with van der Waals surface area (Å²) in [5.74, 6) is 1.91. The molecule has 0 aromatic heterocycles. The van der Waals surface area contributed by atoms with E-state index in [-0.39, 0.29) is 76.7 Å². The van der Waals surface area contributed by atoms with Gasteiger partial charge >= 0.3 is 41.9 Å². The zero-order chi connectivity index (χ0) is 67.4. The standard InChI is InChI=1S/3C14H21BO.C12H17BO.2C11H15BO2/c1-13(2,3)10-7-8-12-11(9-10)14(4,5)16-15(12)6;1-13(2,3)10-7-8-11-12(9-10)16-15(6)14(11,4)5;1-13(2,3)10-7-8-11-12(9-10)15(6)16-14(11,4)5;1-12(2,3)10-6-5-9-8-14-13(4)11(9)7-10;1-11(2,3)9-4-5-10-8(6-9)7-14-12(10)13;1-11(2,3)9-5-4-8-7-12(13)14-10(8)6-9/h3*7-9H,1-6H3;5-7H,8H2,1-4H3;2*4-6,13H,7H2,1-3H3. The lowest BCUT2D eigenvalue weighted by Crippen LogP contribution is -2.33. The monoisotopic (exact) mass is 1220 g/mol. The van der Waals surface area contributed by atoms with Crippen LogP contribution in [-0.4, -0.2) is 51.9 Å². The molecule has 2 N–H and O–H groups in total. The lowest BCUT2D eigenvalue weighted by atomic mass is 9.48. The van der Waals surface area contributed by atoms with Crippen molar-refractivity contribution in [1.82, 2.24) is 0 Å². The molecule has 6 aromatic rings. The molecule has 0 fully saturated rings. The molecule has 480 valence electrons. The zero-order valence-corrected chi connectivity index (χ0v) is 60.8. The first-order valence-electron chi connectivity index (χ1n) is 33.2. The molecule has 0 bridgehead atoms. The number of hydrogen-bond donors (Lipinski definition) is 2. The third-order valence-electron chi connectivity index (χ3n) is 19.0. The van der Waals surface area contributed by atoms with Crippen LogP contribution in [0.5, 0.6) is 11.5 Å². The molecule has 0 amide bonds. The van der Waals surface area contributed by atoms with Crippen molar-refractivity contribution in [3.63, 3.8) is 0 Å². The SMILES string of the molecule is CB1OC(C)(C)c2cc(C(C)(C)C)ccc21.CB1OC(C)(C)c2ccc(C(C)(C)C)cc21.CB1OCc2ccc(C(C)(C)C)cc21.CB1Oc2cc(C(C)(C)C)ccc2C1(C)C.CC(C)(C)c1ccc2c(c1)COB2O.CC(C)(C)c1ccc2c(c1)OB(O)C2. The zero-order valence-electron chi connectivity index (χ0n) is 60.8. The Morgan fingerprint density at radius 1 is 0.356 bits per heavy atom. The van der Waals surface area contributed by atoms with Gasteiger partial charge < -0.3 is 38.0 Å². The minimum atomic E-state index is -0.723. The van der Waals surface area contributed by atoms with Crippen molar-refractivity contribution in [1.29, 1.82) is 0 Å². The predicted octanol–water partition coefficient (Wildman–Crippen LogP) is 15.5. The fourth-order valence-corrected chi connectivity index (χ4v) is 12.4. The molecule has 6 aliphatic rings. The highest BCUT2D eigenvalue weighted by Crippen LogP contribution is 2.43. The molecule has 0 aliphatic carbocycles. The van der Waals surface area contributed by atoms with Gasteiger partial charge in [-0.25, -0.2) is 0 Å². The fraction of sp³-hybridized carbons (Fsp3) is 0.526. The van der Waals surface area contributed by atoms with E-state index in [9.17, 15) is 10.0 Å². The summed E-state index contributed by atoms with van der Waals surface area (Å²) >= 11 is 0. The summed E-state index contributed by atoms with van der Waals surface area (Å²) in [5.41, 5.74) is 21.5. The molecule has 6 heterocycles. The number of rotatable bonds is 0. The van der Waals surface area contributed by atoms with E-state index in [4.69, 9.17) is 27.9 Å². The summed E-state index contributed by atoms with van der Waals surface area (Å²) in [7, 11) is -1.38. The molecule has 0 unspecified atom stereocenters. The van der Waals surface area contributed by atoms with Gasteiger partial charge in [-0.05, 0) is 168 Å². The van der Waals surface area contributed by atoms with Crippen LogP contribution < -0.4 is 31.2 Å². The molecular weight excluding hydrogens is 1110 g/mol. The van der Waals surface area contributed by atoms with Crippen LogP contribution in [0.4, 0.5) is 0 Å². The average molecular weight is 1220 g/mol. The van der Waals surface area contributed by atoms with E-state index < -0.39 is 14.2 Å². The highest BCUT2D eigenvalue weighted by molar-refractivity contribution is 6.68. The largest absolute Gasteiger partial charge is 0.560 e. The minimum Gasteiger partial charge on any atom is -0.560 e. The van der Waals surface area contributed by atoms with Gasteiger partial charge in [0.25, 0.3) is 0 Å². The van der Waals surface area contributed by atoms with E-state index in [1.165, 1.54) is 72.0 Å². The van der Waals surface area contributed by atoms with Crippen LogP contribution >= 0.6 is 0 Å². The summed E-state index contributed by atoms with van der Waals surface area (Å²) in [6.07, 6.45) is 0.611. The van der Waals surface area contributed by atoms with E-state index >= 15 is 0 Å². The van der Waals surface area contributed by atoms with E-state index in [2.05, 4.69) is 284 Å². The molecule has 8 nitrogen and oxygen atoms in total. The molecule has 6 aliphatic heterocycles. The second kappa shape index (κ2) is 26.5. The normalized spacial score (nSPS) is 17.2. The van der Waals surface area contributed by atoms with Crippen LogP contribution in [-0.2, 0) is 87.2 Å². The molecule has 90 heavy (non-hydrogen) atoms. The Morgan fingerprint density at radius 2 is 0.756 bits per heavy atom. The smallest absolute Gasteiger partial charge is 0.527 e. The predicted molar refractivity (Wildman–Crippen MR) is 388 cm³/mol. The van der Waals surface area contributed by atoms with Crippen molar-refractivity contribution >= 4 is 63.8 Å². The summed E-state index contributed by atoms with van der Waals surface area (Å²) in [6, 6.07) is 39.3. The average Bonchev–Trinajstić information content (AvgIpc) is 1.68. The van der Waals surface area contributed by atoms with Gasteiger partial charge in [0.05, 0.1) is 24.4 Å².